The molecule has 1 aliphatic rings. The van der Waals surface area contributed by atoms with Crippen LogP contribution in [-0.2, 0) is 9.59 Å². The highest BCUT2D eigenvalue weighted by Gasteiger charge is 2.39. The van der Waals surface area contributed by atoms with Crippen LogP contribution >= 0.6 is 0 Å². The van der Waals surface area contributed by atoms with Gasteiger partial charge in [0, 0.05) is 44.5 Å². The molecule has 2 aromatic carbocycles. The van der Waals surface area contributed by atoms with Crippen molar-refractivity contribution in [3.05, 3.63) is 46.5 Å². The third-order valence-corrected chi connectivity index (χ3v) is 5.42. The van der Waals surface area contributed by atoms with Gasteiger partial charge in [-0.05, 0) is 52.5 Å². The highest BCUT2D eigenvalue weighted by Crippen LogP contribution is 2.43. The number of hydrogen-bond acceptors (Lipinski definition) is 10. The monoisotopic (exact) mass is 482 g/mol. The number of hydrogen-bond donors (Lipinski definition) is 2. The van der Waals surface area contributed by atoms with Crippen molar-refractivity contribution in [3.63, 3.8) is 0 Å². The minimum absolute atomic E-state index is 0.00406. The summed E-state index contributed by atoms with van der Waals surface area (Å²) >= 11 is 0. The van der Waals surface area contributed by atoms with E-state index in [1.165, 1.54) is 19.1 Å². The van der Waals surface area contributed by atoms with Crippen LogP contribution in [0.2, 0.25) is 0 Å². The number of likely N-dealkylation sites (N-methyl/N-ethyl adjacent to an activating group) is 2. The number of ketones is 2. The van der Waals surface area contributed by atoms with Gasteiger partial charge in [0.1, 0.15) is 11.5 Å². The van der Waals surface area contributed by atoms with Crippen molar-refractivity contribution in [2.24, 2.45) is 0 Å². The van der Waals surface area contributed by atoms with E-state index in [-0.39, 0.29) is 40.2 Å². The van der Waals surface area contributed by atoms with Crippen LogP contribution in [0.1, 0.15) is 38.8 Å². The van der Waals surface area contributed by atoms with E-state index < -0.39 is 17.5 Å². The summed E-state index contributed by atoms with van der Waals surface area (Å²) in [5.74, 6) is -1.66. The van der Waals surface area contributed by atoms with E-state index in [0.717, 1.165) is 0 Å². The number of nitrogens with zero attached hydrogens (tertiary/aromatic N) is 2. The predicted molar refractivity (Wildman–Crippen MR) is 132 cm³/mol. The maximum Gasteiger partial charge on any atom is 0.308 e. The third-order valence-electron chi connectivity index (χ3n) is 5.42. The molecule has 0 bridgehead atoms. The molecular formula is C25H30N4O6. The molecule has 2 N–H and O–H groups in total. The number of esters is 1. The Kier molecular flexibility index (Phi) is 8.21. The molecule has 1 aliphatic carbocycles. The Morgan fingerprint density at radius 2 is 1.26 bits per heavy atom. The smallest absolute Gasteiger partial charge is 0.308 e. The zero-order chi connectivity index (χ0) is 25.7. The lowest BCUT2D eigenvalue weighted by atomic mass is 9.81. The standard InChI is InChI=1S/C25H30N4O6/c1-15(31)35-19-9-7-17(27-11-13-29(4)5)21-23(19)25(33)20-16(26-10-12-28(2)3)6-8-18(34-14-30)22(20)24(21)32/h6-9,14,26-27H,10-13H2,1-5H3. The molecule has 35 heavy (non-hydrogen) atoms. The maximum absolute atomic E-state index is 13.9. The van der Waals surface area contributed by atoms with Crippen LogP contribution in [0.4, 0.5) is 11.4 Å². The number of carbonyl (C=O) groups excluding carboxylic acids is 4. The van der Waals surface area contributed by atoms with Crippen LogP contribution in [0.25, 0.3) is 0 Å². The van der Waals surface area contributed by atoms with Gasteiger partial charge in [-0.3, -0.25) is 19.2 Å². The molecule has 0 fully saturated rings. The molecule has 0 heterocycles. The molecule has 0 saturated heterocycles. The fraction of sp³-hybridized carbons (Fsp3) is 0.360. The quantitative estimate of drug-likeness (QED) is 0.238. The molecule has 186 valence electrons. The molecule has 0 spiro atoms. The summed E-state index contributed by atoms with van der Waals surface area (Å²) in [6, 6.07) is 6.17. The molecule has 0 saturated carbocycles. The van der Waals surface area contributed by atoms with Crippen LogP contribution < -0.4 is 20.1 Å². The van der Waals surface area contributed by atoms with Crippen LogP contribution in [0.3, 0.4) is 0 Å². The second-order valence-corrected chi connectivity index (χ2v) is 8.65. The van der Waals surface area contributed by atoms with E-state index in [1.807, 2.05) is 38.0 Å². The van der Waals surface area contributed by atoms with Gasteiger partial charge < -0.3 is 29.9 Å². The van der Waals surface area contributed by atoms with E-state index in [2.05, 4.69) is 10.6 Å². The van der Waals surface area contributed by atoms with Gasteiger partial charge in [0.2, 0.25) is 11.6 Å². The Morgan fingerprint density at radius 3 is 1.69 bits per heavy atom. The number of fused-ring (bicyclic) bond motifs is 2. The number of benzene rings is 2. The van der Waals surface area contributed by atoms with Crippen molar-refractivity contribution in [2.45, 2.75) is 6.92 Å². The summed E-state index contributed by atoms with van der Waals surface area (Å²) in [6.07, 6.45) is 0. The minimum atomic E-state index is -0.617. The van der Waals surface area contributed by atoms with Crippen molar-refractivity contribution in [1.82, 2.24) is 9.80 Å². The zero-order valence-corrected chi connectivity index (χ0v) is 20.6. The van der Waals surface area contributed by atoms with Gasteiger partial charge in [-0.1, -0.05) is 0 Å². The summed E-state index contributed by atoms with van der Waals surface area (Å²) in [4.78, 5) is 54.6. The van der Waals surface area contributed by atoms with E-state index in [0.29, 0.717) is 37.6 Å². The zero-order valence-electron chi connectivity index (χ0n) is 20.6. The van der Waals surface area contributed by atoms with E-state index >= 15 is 0 Å². The number of rotatable bonds is 11. The summed E-state index contributed by atoms with van der Waals surface area (Å²) in [6.45, 7) is 3.81. The third kappa shape index (κ3) is 5.67. The second kappa shape index (κ2) is 11.1. The molecule has 10 nitrogen and oxygen atoms in total. The highest BCUT2D eigenvalue weighted by atomic mass is 16.5. The topological polar surface area (TPSA) is 117 Å². The molecular weight excluding hydrogens is 452 g/mol. The van der Waals surface area contributed by atoms with Gasteiger partial charge in [-0.25, -0.2) is 0 Å². The Bertz CT molecular complexity index is 1160. The molecule has 0 amide bonds. The summed E-state index contributed by atoms with van der Waals surface area (Å²) in [5, 5.41) is 6.38. The summed E-state index contributed by atoms with van der Waals surface area (Å²) < 4.78 is 10.4. The first-order chi connectivity index (χ1) is 16.6. The van der Waals surface area contributed by atoms with E-state index in [4.69, 9.17) is 9.47 Å². The van der Waals surface area contributed by atoms with Crippen LogP contribution in [0.15, 0.2) is 24.3 Å². The normalized spacial score (nSPS) is 12.3. The van der Waals surface area contributed by atoms with Gasteiger partial charge in [0.25, 0.3) is 6.47 Å². The van der Waals surface area contributed by atoms with Gasteiger partial charge in [-0.15, -0.1) is 0 Å². The molecule has 0 atom stereocenters. The fourth-order valence-corrected chi connectivity index (χ4v) is 3.85. The summed E-state index contributed by atoms with van der Waals surface area (Å²) in [5.41, 5.74) is 0.959. The Labute approximate surface area is 204 Å². The van der Waals surface area contributed by atoms with Crippen LogP contribution in [0.5, 0.6) is 11.5 Å². The van der Waals surface area contributed by atoms with Crippen molar-refractivity contribution >= 4 is 35.4 Å². The van der Waals surface area contributed by atoms with Crippen molar-refractivity contribution in [2.75, 3.05) is 65.0 Å². The molecule has 10 heteroatoms. The summed E-state index contributed by atoms with van der Waals surface area (Å²) in [7, 11) is 7.66. The lowest BCUT2D eigenvalue weighted by Gasteiger charge is -2.26. The van der Waals surface area contributed by atoms with Crippen LogP contribution in [-0.4, -0.2) is 88.2 Å². The molecule has 0 aliphatic heterocycles. The molecule has 0 aromatic heterocycles. The number of ether oxygens (including phenoxy) is 2. The largest absolute Gasteiger partial charge is 0.428 e. The average Bonchev–Trinajstić information content (AvgIpc) is 2.78. The minimum Gasteiger partial charge on any atom is -0.428 e. The van der Waals surface area contributed by atoms with Gasteiger partial charge in [-0.2, -0.15) is 0 Å². The molecule has 3 rings (SSSR count). The van der Waals surface area contributed by atoms with Crippen molar-refractivity contribution < 1.29 is 28.7 Å². The number of carbonyl (C=O) groups is 4. The SMILES string of the molecule is CC(=O)Oc1ccc(NCCN(C)C)c2c1C(=O)c1c(NCCN(C)C)ccc(OC=O)c1C2=O. The fourth-order valence-electron chi connectivity index (χ4n) is 3.85. The molecule has 0 radical (unpaired) electrons. The lowest BCUT2D eigenvalue weighted by molar-refractivity contribution is -0.132. The predicted octanol–water partition coefficient (Wildman–Crippen LogP) is 1.87. The first-order valence-corrected chi connectivity index (χ1v) is 11.1. The Morgan fingerprint density at radius 1 is 0.800 bits per heavy atom. The Hall–Kier alpha value is -3.76. The van der Waals surface area contributed by atoms with Crippen molar-refractivity contribution in [3.8, 4) is 11.5 Å². The van der Waals surface area contributed by atoms with E-state index in [1.54, 1.807) is 12.1 Å². The number of nitrogens with one attached hydrogen (secondary N) is 2. The average molecular weight is 483 g/mol. The highest BCUT2D eigenvalue weighted by molar-refractivity contribution is 6.33. The Balaban J connectivity index is 2.19. The second-order valence-electron chi connectivity index (χ2n) is 8.65. The van der Waals surface area contributed by atoms with Gasteiger partial charge in [0.05, 0.1) is 22.3 Å². The number of anilines is 2. The lowest BCUT2D eigenvalue weighted by Crippen LogP contribution is -2.28. The van der Waals surface area contributed by atoms with E-state index in [9.17, 15) is 19.2 Å². The molecule has 2 aromatic rings. The van der Waals surface area contributed by atoms with Gasteiger partial charge >= 0.3 is 5.97 Å². The van der Waals surface area contributed by atoms with Gasteiger partial charge in [0.15, 0.2) is 0 Å². The van der Waals surface area contributed by atoms with Crippen LogP contribution in [0, 0.1) is 0 Å². The molecule has 0 unspecified atom stereocenters. The first kappa shape index (κ1) is 25.9. The first-order valence-electron chi connectivity index (χ1n) is 11.1. The van der Waals surface area contributed by atoms with Crippen molar-refractivity contribution in [1.29, 1.82) is 0 Å². The maximum atomic E-state index is 13.9.